The van der Waals surface area contributed by atoms with Gasteiger partial charge in [-0.1, -0.05) is 91.6 Å². The van der Waals surface area contributed by atoms with Crippen molar-refractivity contribution in [3.05, 3.63) is 12.8 Å². The molecule has 0 aromatic rings. The summed E-state index contributed by atoms with van der Waals surface area (Å²) in [6.45, 7) is 9.77. The van der Waals surface area contributed by atoms with E-state index >= 15 is 0 Å². The first-order chi connectivity index (χ1) is 13.0. The van der Waals surface area contributed by atoms with Gasteiger partial charge in [-0.3, -0.25) is 4.90 Å². The molecule has 0 aliphatic carbocycles. The minimum absolute atomic E-state index is 0.0582. The quantitative estimate of drug-likeness (QED) is 0.184. The fourth-order valence-corrected chi connectivity index (χ4v) is 3.17. The second kappa shape index (κ2) is 16.6. The molecule has 0 aliphatic heterocycles. The number of ether oxygens (including phenoxy) is 2. The molecule has 0 saturated heterocycles. The summed E-state index contributed by atoms with van der Waals surface area (Å²) >= 11 is 0. The van der Waals surface area contributed by atoms with Gasteiger partial charge in [0, 0.05) is 7.05 Å². The average Bonchev–Trinajstić information content (AvgIpc) is 2.62. The van der Waals surface area contributed by atoms with E-state index in [0.29, 0.717) is 6.61 Å². The van der Waals surface area contributed by atoms with E-state index in [1.165, 1.54) is 62.7 Å². The number of unbranched alkanes of at least 4 members (excludes halogenated alkanes) is 10. The Morgan fingerprint density at radius 3 is 1.85 bits per heavy atom. The Hall–Kier alpha value is -1.52. The highest BCUT2D eigenvalue weighted by Crippen LogP contribution is 2.14. The first kappa shape index (κ1) is 25.5. The molecular formula is C22H41NO4. The molecule has 0 aliphatic rings. The number of nitrogens with zero attached hydrogens (tertiary/aromatic N) is 1. The summed E-state index contributed by atoms with van der Waals surface area (Å²) < 4.78 is 10.1. The lowest BCUT2D eigenvalue weighted by atomic mass is 10.0. The molecule has 0 aromatic carbocycles. The second-order valence-electron chi connectivity index (χ2n) is 7.55. The number of esters is 1. The average molecular weight is 384 g/mol. The summed E-state index contributed by atoms with van der Waals surface area (Å²) in [6.07, 6.45) is 14.3. The molecule has 27 heavy (non-hydrogen) atoms. The van der Waals surface area contributed by atoms with Gasteiger partial charge in [0.15, 0.2) is 0 Å². The van der Waals surface area contributed by atoms with Crippen LogP contribution in [0, 0.1) is 5.92 Å². The van der Waals surface area contributed by atoms with Crippen molar-refractivity contribution < 1.29 is 19.1 Å². The van der Waals surface area contributed by atoms with Crippen LogP contribution in [0.5, 0.6) is 0 Å². The van der Waals surface area contributed by atoms with Gasteiger partial charge in [-0.2, -0.15) is 0 Å². The van der Waals surface area contributed by atoms with E-state index in [-0.39, 0.29) is 11.9 Å². The van der Waals surface area contributed by atoms with Gasteiger partial charge in [0.1, 0.15) is 6.04 Å². The summed E-state index contributed by atoms with van der Waals surface area (Å²) in [7, 11) is 1.54. The van der Waals surface area contributed by atoms with Crippen molar-refractivity contribution in [3.8, 4) is 0 Å². The third-order valence-electron chi connectivity index (χ3n) is 4.75. The molecule has 5 nitrogen and oxygen atoms in total. The topological polar surface area (TPSA) is 55.8 Å². The molecule has 0 N–H and O–H groups in total. The fraction of sp³-hybridized carbons (Fsp3) is 0.818. The molecule has 158 valence electrons. The molecule has 0 saturated carbocycles. The Balaban J connectivity index is 3.84. The largest absolute Gasteiger partial charge is 0.464 e. The lowest BCUT2D eigenvalue weighted by Crippen LogP contribution is -2.46. The van der Waals surface area contributed by atoms with Crippen molar-refractivity contribution in [3.63, 3.8) is 0 Å². The molecule has 0 bridgehead atoms. The Morgan fingerprint density at radius 1 is 0.926 bits per heavy atom. The van der Waals surface area contributed by atoms with Crippen molar-refractivity contribution >= 4 is 12.1 Å². The first-order valence-corrected chi connectivity index (χ1v) is 10.7. The first-order valence-electron chi connectivity index (χ1n) is 10.7. The van der Waals surface area contributed by atoms with Crippen LogP contribution in [0.4, 0.5) is 4.79 Å². The summed E-state index contributed by atoms with van der Waals surface area (Å²) in [5, 5.41) is 0. The van der Waals surface area contributed by atoms with E-state index in [4.69, 9.17) is 9.47 Å². The predicted molar refractivity (Wildman–Crippen MR) is 110 cm³/mol. The number of hydrogen-bond donors (Lipinski definition) is 0. The van der Waals surface area contributed by atoms with Crippen LogP contribution in [-0.4, -0.2) is 36.7 Å². The summed E-state index contributed by atoms with van der Waals surface area (Å²) in [5.41, 5.74) is 0. The van der Waals surface area contributed by atoms with Crippen LogP contribution >= 0.6 is 0 Å². The van der Waals surface area contributed by atoms with E-state index in [1.807, 2.05) is 13.8 Å². The van der Waals surface area contributed by atoms with Gasteiger partial charge in [0.25, 0.3) is 0 Å². The summed E-state index contributed by atoms with van der Waals surface area (Å²) in [5.74, 6) is -0.433. The summed E-state index contributed by atoms with van der Waals surface area (Å²) in [4.78, 5) is 25.4. The highest BCUT2D eigenvalue weighted by Gasteiger charge is 2.31. The minimum atomic E-state index is -0.648. The fourth-order valence-electron chi connectivity index (χ4n) is 3.17. The van der Waals surface area contributed by atoms with Crippen LogP contribution in [0.3, 0.4) is 0 Å². The van der Waals surface area contributed by atoms with Crippen LogP contribution in [0.15, 0.2) is 12.8 Å². The molecule has 0 heterocycles. The van der Waals surface area contributed by atoms with E-state index in [0.717, 1.165) is 19.1 Å². The highest BCUT2D eigenvalue weighted by atomic mass is 16.6. The Kier molecular flexibility index (Phi) is 15.7. The maximum absolute atomic E-state index is 12.3. The van der Waals surface area contributed by atoms with Crippen LogP contribution in [0.25, 0.3) is 0 Å². The van der Waals surface area contributed by atoms with Crippen LogP contribution in [0.1, 0.15) is 91.4 Å². The van der Waals surface area contributed by atoms with Gasteiger partial charge in [0.05, 0.1) is 12.9 Å². The van der Waals surface area contributed by atoms with Crippen molar-refractivity contribution in [2.24, 2.45) is 5.92 Å². The van der Waals surface area contributed by atoms with E-state index in [9.17, 15) is 9.59 Å². The maximum Gasteiger partial charge on any atom is 0.415 e. The monoisotopic (exact) mass is 383 g/mol. The van der Waals surface area contributed by atoms with Crippen LogP contribution in [0.2, 0.25) is 0 Å². The van der Waals surface area contributed by atoms with Crippen molar-refractivity contribution in [1.82, 2.24) is 4.90 Å². The van der Waals surface area contributed by atoms with Crippen molar-refractivity contribution in [2.45, 2.75) is 97.4 Å². The van der Waals surface area contributed by atoms with Gasteiger partial charge in [0.2, 0.25) is 0 Å². The Bertz CT molecular complexity index is 409. The Labute approximate surface area is 166 Å². The van der Waals surface area contributed by atoms with Crippen LogP contribution < -0.4 is 0 Å². The molecule has 5 heteroatoms. The number of amides is 1. The van der Waals surface area contributed by atoms with Gasteiger partial charge < -0.3 is 9.47 Å². The van der Waals surface area contributed by atoms with E-state index in [1.54, 1.807) is 7.05 Å². The Morgan fingerprint density at radius 2 is 1.41 bits per heavy atom. The number of hydrogen-bond acceptors (Lipinski definition) is 4. The normalized spacial score (nSPS) is 11.9. The highest BCUT2D eigenvalue weighted by molar-refractivity contribution is 5.81. The zero-order chi connectivity index (χ0) is 20.5. The van der Waals surface area contributed by atoms with E-state index < -0.39 is 12.1 Å². The summed E-state index contributed by atoms with van der Waals surface area (Å²) in [6, 6.07) is -0.648. The predicted octanol–water partition coefficient (Wildman–Crippen LogP) is 6.08. The lowest BCUT2D eigenvalue weighted by Gasteiger charge is -2.28. The molecule has 1 amide bonds. The minimum Gasteiger partial charge on any atom is -0.464 e. The molecular weight excluding hydrogens is 342 g/mol. The van der Waals surface area contributed by atoms with Crippen molar-refractivity contribution in [2.75, 3.05) is 13.7 Å². The van der Waals surface area contributed by atoms with Gasteiger partial charge in [-0.05, 0) is 12.3 Å². The smallest absolute Gasteiger partial charge is 0.415 e. The van der Waals surface area contributed by atoms with Crippen LogP contribution in [-0.2, 0) is 14.3 Å². The number of likely N-dealkylation sites (N-methyl/N-ethyl adjacent to an activating group) is 1. The molecule has 0 spiro atoms. The SMILES string of the molecule is C=COC(=O)N(C)C(C(=O)OCCCCCCCCCCCCC)C(C)C. The van der Waals surface area contributed by atoms with Gasteiger partial charge in [-0.15, -0.1) is 0 Å². The lowest BCUT2D eigenvalue weighted by molar-refractivity contribution is -0.150. The maximum atomic E-state index is 12.3. The number of carbonyl (C=O) groups is 2. The zero-order valence-corrected chi connectivity index (χ0v) is 18.0. The third-order valence-corrected chi connectivity index (χ3v) is 4.75. The molecule has 0 rings (SSSR count). The molecule has 0 radical (unpaired) electrons. The van der Waals surface area contributed by atoms with Gasteiger partial charge >= 0.3 is 12.1 Å². The molecule has 1 atom stereocenters. The molecule has 0 aromatic heterocycles. The number of carbonyl (C=O) groups excluding carboxylic acids is 2. The zero-order valence-electron chi connectivity index (χ0n) is 18.0. The second-order valence-corrected chi connectivity index (χ2v) is 7.55. The third kappa shape index (κ3) is 12.5. The van der Waals surface area contributed by atoms with Crippen molar-refractivity contribution in [1.29, 1.82) is 0 Å². The standard InChI is InChI=1S/C22H41NO4/c1-6-8-9-10-11-12-13-14-15-16-17-18-27-21(24)20(19(3)4)23(5)22(25)26-7-2/h7,19-20H,2,6,8-18H2,1,3-5H3. The molecule has 0 fully saturated rings. The number of rotatable bonds is 16. The molecule has 1 unspecified atom stereocenters. The van der Waals surface area contributed by atoms with E-state index in [2.05, 4.69) is 13.5 Å². The van der Waals surface area contributed by atoms with Gasteiger partial charge in [-0.25, -0.2) is 9.59 Å².